The predicted octanol–water partition coefficient (Wildman–Crippen LogP) is 5.55. The molecular formula is C26H24F2N4O. The van der Waals surface area contributed by atoms with Crippen molar-refractivity contribution in [3.05, 3.63) is 73.0 Å². The van der Waals surface area contributed by atoms with Crippen LogP contribution in [0.25, 0.3) is 33.2 Å². The number of benzene rings is 1. The maximum Gasteiger partial charge on any atom is 0.212 e. The highest BCUT2D eigenvalue weighted by Crippen LogP contribution is 2.37. The molecule has 1 saturated heterocycles. The van der Waals surface area contributed by atoms with Gasteiger partial charge in [-0.15, -0.1) is 0 Å². The van der Waals surface area contributed by atoms with E-state index in [1.165, 1.54) is 37.4 Å². The summed E-state index contributed by atoms with van der Waals surface area (Å²) < 4.78 is 33.1. The van der Waals surface area contributed by atoms with E-state index in [1.54, 1.807) is 18.3 Å². The first-order valence-corrected chi connectivity index (χ1v) is 11.2. The minimum atomic E-state index is -0.538. The molecule has 1 aromatic carbocycles. The van der Waals surface area contributed by atoms with Crippen molar-refractivity contribution >= 4 is 10.9 Å². The van der Waals surface area contributed by atoms with E-state index in [9.17, 15) is 8.78 Å². The molecule has 5 nitrogen and oxygen atoms in total. The van der Waals surface area contributed by atoms with E-state index in [-0.39, 0.29) is 0 Å². The van der Waals surface area contributed by atoms with Crippen LogP contribution in [0, 0.1) is 11.9 Å². The van der Waals surface area contributed by atoms with E-state index >= 15 is 0 Å². The van der Waals surface area contributed by atoms with Gasteiger partial charge in [0.15, 0.2) is 0 Å². The van der Waals surface area contributed by atoms with Gasteiger partial charge in [0.25, 0.3) is 0 Å². The Kier molecular flexibility index (Phi) is 6.21. The van der Waals surface area contributed by atoms with Crippen molar-refractivity contribution in [2.45, 2.75) is 31.7 Å². The minimum Gasteiger partial charge on any atom is -0.492 e. The van der Waals surface area contributed by atoms with Gasteiger partial charge in [-0.2, -0.15) is 8.78 Å². The summed E-state index contributed by atoms with van der Waals surface area (Å²) >= 11 is 0. The van der Waals surface area contributed by atoms with Crippen LogP contribution in [0.5, 0.6) is 5.75 Å². The Morgan fingerprint density at radius 3 is 2.30 bits per heavy atom. The zero-order chi connectivity index (χ0) is 22.6. The average Bonchev–Trinajstić information content (AvgIpc) is 2.85. The monoisotopic (exact) mass is 446 g/mol. The topological polar surface area (TPSA) is 59.9 Å². The molecule has 0 amide bonds. The second-order valence-electron chi connectivity index (χ2n) is 8.26. The third-order valence-corrected chi connectivity index (χ3v) is 6.04. The number of halogens is 2. The molecule has 4 aromatic rings. The fraction of sp³-hybridized carbons (Fsp3) is 0.269. The molecule has 33 heavy (non-hydrogen) atoms. The summed E-state index contributed by atoms with van der Waals surface area (Å²) in [6.07, 6.45) is 9.23. The molecule has 0 bridgehead atoms. The van der Waals surface area contributed by atoms with Gasteiger partial charge in [-0.25, -0.2) is 9.97 Å². The lowest BCUT2D eigenvalue weighted by Gasteiger charge is -2.24. The van der Waals surface area contributed by atoms with Crippen LogP contribution < -0.4 is 10.1 Å². The van der Waals surface area contributed by atoms with Crippen LogP contribution in [0.1, 0.15) is 25.7 Å². The van der Waals surface area contributed by atoms with Gasteiger partial charge in [-0.05, 0) is 67.8 Å². The van der Waals surface area contributed by atoms with Crippen LogP contribution in [0.4, 0.5) is 8.78 Å². The van der Waals surface area contributed by atoms with E-state index < -0.39 is 11.9 Å². The number of piperidine rings is 1. The molecule has 7 heteroatoms. The molecule has 0 saturated carbocycles. The number of pyridine rings is 3. The van der Waals surface area contributed by atoms with Crippen molar-refractivity contribution in [3.63, 3.8) is 0 Å². The van der Waals surface area contributed by atoms with Crippen molar-refractivity contribution in [2.24, 2.45) is 0 Å². The normalized spacial score (nSPS) is 16.1. The SMILES string of the molecule is Fc1ccc(-c2ccc3ncc(-c4ccc(F)nc4)c(OCCC4CCCCN4)c3c2)cn1. The van der Waals surface area contributed by atoms with E-state index in [0.29, 0.717) is 18.4 Å². The fourth-order valence-electron chi connectivity index (χ4n) is 4.26. The summed E-state index contributed by atoms with van der Waals surface area (Å²) in [5, 5.41) is 4.38. The second kappa shape index (κ2) is 9.58. The van der Waals surface area contributed by atoms with Crippen LogP contribution >= 0.6 is 0 Å². The van der Waals surface area contributed by atoms with Crippen LogP contribution in [0.2, 0.25) is 0 Å². The molecule has 1 aliphatic heterocycles. The molecule has 1 N–H and O–H groups in total. The summed E-state index contributed by atoms with van der Waals surface area (Å²) in [6, 6.07) is 12.3. The van der Waals surface area contributed by atoms with Gasteiger partial charge in [0.2, 0.25) is 11.9 Å². The van der Waals surface area contributed by atoms with E-state index in [1.807, 2.05) is 18.2 Å². The van der Waals surface area contributed by atoms with Crippen molar-refractivity contribution in [2.75, 3.05) is 13.2 Å². The largest absolute Gasteiger partial charge is 0.492 e. The Hall–Kier alpha value is -3.45. The Morgan fingerprint density at radius 2 is 1.61 bits per heavy atom. The molecule has 3 aromatic heterocycles. The fourth-order valence-corrected chi connectivity index (χ4v) is 4.26. The van der Waals surface area contributed by atoms with Crippen molar-refractivity contribution in [1.82, 2.24) is 20.3 Å². The predicted molar refractivity (Wildman–Crippen MR) is 124 cm³/mol. The molecule has 0 aliphatic carbocycles. The molecular weight excluding hydrogens is 422 g/mol. The van der Waals surface area contributed by atoms with Gasteiger partial charge in [0.1, 0.15) is 5.75 Å². The maximum absolute atomic E-state index is 13.4. The summed E-state index contributed by atoms with van der Waals surface area (Å²) in [4.78, 5) is 12.2. The first-order valence-electron chi connectivity index (χ1n) is 11.2. The van der Waals surface area contributed by atoms with Crippen LogP contribution in [-0.2, 0) is 0 Å². The lowest BCUT2D eigenvalue weighted by molar-refractivity contribution is 0.271. The third-order valence-electron chi connectivity index (χ3n) is 6.04. The summed E-state index contributed by atoms with van der Waals surface area (Å²) in [5.41, 5.74) is 3.93. The Bertz CT molecular complexity index is 1230. The molecule has 0 spiro atoms. The quantitative estimate of drug-likeness (QED) is 0.394. The average molecular weight is 447 g/mol. The number of nitrogens with one attached hydrogen (secondary N) is 1. The van der Waals surface area contributed by atoms with Crippen LogP contribution in [0.15, 0.2) is 61.1 Å². The highest BCUT2D eigenvalue weighted by Gasteiger charge is 2.17. The van der Waals surface area contributed by atoms with Gasteiger partial charge >= 0.3 is 0 Å². The van der Waals surface area contributed by atoms with Crippen LogP contribution in [-0.4, -0.2) is 34.1 Å². The molecule has 1 unspecified atom stereocenters. The number of hydrogen-bond donors (Lipinski definition) is 1. The van der Waals surface area contributed by atoms with Crippen molar-refractivity contribution in [3.8, 4) is 28.0 Å². The smallest absolute Gasteiger partial charge is 0.212 e. The molecule has 5 rings (SSSR count). The first-order chi connectivity index (χ1) is 16.2. The van der Waals surface area contributed by atoms with Gasteiger partial charge < -0.3 is 10.1 Å². The van der Waals surface area contributed by atoms with Crippen LogP contribution in [0.3, 0.4) is 0 Å². The Labute approximate surface area is 190 Å². The van der Waals surface area contributed by atoms with Crippen molar-refractivity contribution < 1.29 is 13.5 Å². The summed E-state index contributed by atoms with van der Waals surface area (Å²) in [6.45, 7) is 1.59. The molecule has 4 heterocycles. The highest BCUT2D eigenvalue weighted by atomic mass is 19.1. The first kappa shape index (κ1) is 21.4. The van der Waals surface area contributed by atoms with Gasteiger partial charge in [0, 0.05) is 46.7 Å². The zero-order valence-corrected chi connectivity index (χ0v) is 18.1. The van der Waals surface area contributed by atoms with Crippen molar-refractivity contribution in [1.29, 1.82) is 0 Å². The van der Waals surface area contributed by atoms with E-state index in [0.717, 1.165) is 52.5 Å². The lowest BCUT2D eigenvalue weighted by atomic mass is 10.0. The number of aromatic nitrogens is 3. The standard InChI is InChI=1S/C26H24F2N4O/c27-24-8-5-18(14-31-24)17-4-7-23-21(13-17)26(33-12-10-20-3-1-2-11-29-20)22(16-30-23)19-6-9-25(28)32-15-19/h4-9,13-16,20,29H,1-3,10-12H2. The molecule has 168 valence electrons. The van der Waals surface area contributed by atoms with E-state index in [4.69, 9.17) is 4.74 Å². The second-order valence-corrected chi connectivity index (χ2v) is 8.26. The summed E-state index contributed by atoms with van der Waals surface area (Å²) in [5.74, 6) is -0.377. The molecule has 0 radical (unpaired) electrons. The summed E-state index contributed by atoms with van der Waals surface area (Å²) in [7, 11) is 0. The third kappa shape index (κ3) is 4.83. The number of nitrogens with zero attached hydrogens (tertiary/aromatic N) is 3. The maximum atomic E-state index is 13.4. The van der Waals surface area contributed by atoms with Gasteiger partial charge in [-0.3, -0.25) is 4.98 Å². The molecule has 1 aliphatic rings. The molecule has 1 fully saturated rings. The Morgan fingerprint density at radius 1 is 0.848 bits per heavy atom. The number of ether oxygens (including phenoxy) is 1. The number of fused-ring (bicyclic) bond motifs is 1. The zero-order valence-electron chi connectivity index (χ0n) is 18.1. The Balaban J connectivity index is 1.54. The molecule has 1 atom stereocenters. The number of hydrogen-bond acceptors (Lipinski definition) is 5. The van der Waals surface area contributed by atoms with Gasteiger partial charge in [-0.1, -0.05) is 12.5 Å². The number of rotatable bonds is 6. The van der Waals surface area contributed by atoms with Gasteiger partial charge in [0.05, 0.1) is 12.1 Å². The van der Waals surface area contributed by atoms with E-state index in [2.05, 4.69) is 20.3 Å². The highest BCUT2D eigenvalue weighted by molar-refractivity contribution is 5.94. The minimum absolute atomic E-state index is 0.448. The lowest BCUT2D eigenvalue weighted by Crippen LogP contribution is -2.35.